The van der Waals surface area contributed by atoms with Gasteiger partial charge in [0.25, 0.3) is 11.8 Å². The minimum atomic E-state index is -1.72. The van der Waals surface area contributed by atoms with Crippen LogP contribution in [0.2, 0.25) is 0 Å². The number of amides is 4. The quantitative estimate of drug-likeness (QED) is 0.105. The summed E-state index contributed by atoms with van der Waals surface area (Å²) >= 11 is 5.16. The van der Waals surface area contributed by atoms with Gasteiger partial charge in [-0.15, -0.1) is 0 Å². The molecule has 0 saturated heterocycles. The van der Waals surface area contributed by atoms with Gasteiger partial charge >= 0.3 is 23.9 Å². The number of benzene rings is 1. The smallest absolute Gasteiger partial charge is 0.302 e. The summed E-state index contributed by atoms with van der Waals surface area (Å²) in [4.78, 5) is 92.2. The third-order valence-corrected chi connectivity index (χ3v) is 7.86. The lowest BCUT2D eigenvalue weighted by atomic mass is 10.1. The van der Waals surface area contributed by atoms with Crippen molar-refractivity contribution in [2.75, 3.05) is 31.7 Å². The fourth-order valence-corrected chi connectivity index (χ4v) is 7.34. The number of rotatable bonds is 13. The van der Waals surface area contributed by atoms with E-state index < -0.39 is 60.0 Å². The van der Waals surface area contributed by atoms with Crippen molar-refractivity contribution in [2.24, 2.45) is 5.73 Å². The molecule has 0 spiro atoms. The van der Waals surface area contributed by atoms with Gasteiger partial charge in [-0.05, 0) is 67.8 Å². The molecule has 0 saturated carbocycles. The summed E-state index contributed by atoms with van der Waals surface area (Å²) in [5, 5.41) is 27.3. The zero-order chi connectivity index (χ0) is 35.0. The lowest BCUT2D eigenvalue weighted by Crippen LogP contribution is -2.44. The van der Waals surface area contributed by atoms with E-state index in [4.69, 9.17) is 28.8 Å². The van der Waals surface area contributed by atoms with Crippen LogP contribution in [0.15, 0.2) is 0 Å². The van der Waals surface area contributed by atoms with Gasteiger partial charge in [0.05, 0.1) is 36.0 Å². The molecule has 0 heterocycles. The van der Waals surface area contributed by atoms with Crippen molar-refractivity contribution >= 4 is 121 Å². The first-order chi connectivity index (χ1) is 20.8. The summed E-state index contributed by atoms with van der Waals surface area (Å²) in [6.07, 6.45) is -3.30. The molecule has 0 atom stereocenters. The highest BCUT2D eigenvalue weighted by atomic mass is 127. The van der Waals surface area contributed by atoms with Crippen LogP contribution in [0.1, 0.15) is 48.4 Å². The second-order valence-corrected chi connectivity index (χ2v) is 11.6. The summed E-state index contributed by atoms with van der Waals surface area (Å²) in [7, 11) is 0. The molecular weight excluding hydrogens is 949 g/mol. The Kier molecular flexibility index (Phi) is 19.2. The molecule has 0 aromatic heterocycles. The molecular formula is C24H27I3N4O14-2. The molecule has 1 aromatic carbocycles. The number of halogens is 3. The average molecular weight is 976 g/mol. The van der Waals surface area contributed by atoms with Gasteiger partial charge < -0.3 is 60.4 Å². The summed E-state index contributed by atoms with van der Waals surface area (Å²) in [5.41, 5.74) is 3.52. The maximum absolute atomic E-state index is 13.4. The van der Waals surface area contributed by atoms with Crippen molar-refractivity contribution in [2.45, 2.75) is 39.8 Å². The van der Waals surface area contributed by atoms with Gasteiger partial charge in [0.1, 0.15) is 38.6 Å². The molecule has 4 amide bonds. The van der Waals surface area contributed by atoms with Gasteiger partial charge in [0, 0.05) is 31.3 Å². The molecule has 21 heteroatoms. The highest BCUT2D eigenvalue weighted by molar-refractivity contribution is 14.1. The molecule has 0 bridgehead atoms. The van der Waals surface area contributed by atoms with Gasteiger partial charge in [-0.3, -0.25) is 28.8 Å². The molecule has 0 unspecified atom stereocenters. The van der Waals surface area contributed by atoms with Crippen LogP contribution in [0.25, 0.3) is 0 Å². The first-order valence-electron chi connectivity index (χ1n) is 12.1. The Labute approximate surface area is 296 Å². The predicted octanol–water partition coefficient (Wildman–Crippen LogP) is -1.01. The Morgan fingerprint density at radius 3 is 1.11 bits per heavy atom. The largest absolute Gasteiger partial charge is 0.530 e. The van der Waals surface area contributed by atoms with Crippen LogP contribution in [-0.4, -0.2) is 86.4 Å². The lowest BCUT2D eigenvalue weighted by Gasteiger charge is -2.24. The molecule has 1 rings (SSSR count). The molecule has 0 radical (unpaired) electrons. The lowest BCUT2D eigenvalue weighted by molar-refractivity contribution is -0.246. The van der Waals surface area contributed by atoms with E-state index in [1.807, 2.05) is 0 Å². The Balaban J connectivity index is 0.00000454. The number of ether oxygens (including phenoxy) is 4. The maximum atomic E-state index is 13.4. The third-order valence-electron chi connectivity index (χ3n) is 4.62. The van der Waals surface area contributed by atoms with Crippen LogP contribution in [-0.2, 0) is 38.1 Å². The standard InChI is InChI=1S/C23H26I3N3O12.CH3NO2/c1-9(30)38-5-13(6-39-10(2)31)27-21(34)15-17(24)16(19(26)20(18(15)25)29-23(36)37)22(35)28-14(7-40-11(3)32)8-41-12(4)33;2-1(3)4/h13-14,29H,5-8H2,1-4H3,(H,27,34)(H,28,35)(H,36,37);2H2,(H,3,4)/p-2. The monoisotopic (exact) mass is 976 g/mol. The minimum absolute atomic E-state index is 0.0905. The summed E-state index contributed by atoms with van der Waals surface area (Å²) in [5.74, 6) is -4.23. The van der Waals surface area contributed by atoms with Gasteiger partial charge in [0.2, 0.25) is 0 Å². The number of anilines is 1. The predicted molar refractivity (Wildman–Crippen MR) is 172 cm³/mol. The zero-order valence-electron chi connectivity index (χ0n) is 23.9. The molecule has 0 fully saturated rings. The average Bonchev–Trinajstić information content (AvgIpc) is 2.88. The highest BCUT2D eigenvalue weighted by Crippen LogP contribution is 2.36. The van der Waals surface area contributed by atoms with Gasteiger partial charge in [-0.1, -0.05) is 0 Å². The fraction of sp³-hybridized carbons (Fsp3) is 0.417. The number of primary amides is 1. The van der Waals surface area contributed by atoms with Crippen LogP contribution in [0, 0.1) is 10.7 Å². The van der Waals surface area contributed by atoms with Crippen molar-refractivity contribution in [3.63, 3.8) is 0 Å². The Morgan fingerprint density at radius 1 is 0.622 bits per heavy atom. The first-order valence-corrected chi connectivity index (χ1v) is 15.3. The van der Waals surface area contributed by atoms with E-state index in [1.54, 1.807) is 67.8 Å². The number of carboxylic acid groups (broad SMARTS) is 2. The molecule has 18 nitrogen and oxygen atoms in total. The van der Waals surface area contributed by atoms with E-state index in [9.17, 15) is 38.7 Å². The van der Waals surface area contributed by atoms with Crippen LogP contribution < -0.4 is 31.9 Å². The van der Waals surface area contributed by atoms with E-state index in [0.29, 0.717) is 0 Å². The van der Waals surface area contributed by atoms with E-state index >= 15 is 0 Å². The van der Waals surface area contributed by atoms with Crippen LogP contribution in [0.4, 0.5) is 15.3 Å². The summed E-state index contributed by atoms with van der Waals surface area (Å²) in [6.45, 7) is 3.19. The molecule has 0 aliphatic rings. The van der Waals surface area contributed by atoms with E-state index in [2.05, 4.69) is 21.7 Å². The Morgan fingerprint density at radius 2 is 0.889 bits per heavy atom. The number of esters is 4. The molecule has 250 valence electrons. The van der Waals surface area contributed by atoms with Gasteiger partial charge in [-0.2, -0.15) is 0 Å². The Hall–Kier alpha value is -3.23. The maximum Gasteiger partial charge on any atom is 0.302 e. The number of hydrogen-bond donors (Lipinski definition) is 4. The van der Waals surface area contributed by atoms with Crippen molar-refractivity contribution in [3.8, 4) is 0 Å². The van der Waals surface area contributed by atoms with E-state index in [1.165, 1.54) is 0 Å². The van der Waals surface area contributed by atoms with Crippen LogP contribution in [0.3, 0.4) is 0 Å². The van der Waals surface area contributed by atoms with Crippen molar-refractivity contribution < 1.29 is 67.5 Å². The number of carbonyl (C=O) groups is 8. The highest BCUT2D eigenvalue weighted by Gasteiger charge is 2.30. The number of carbonyl (C=O) groups excluding carboxylic acids is 8. The zero-order valence-corrected chi connectivity index (χ0v) is 30.4. The molecule has 0 aliphatic heterocycles. The van der Waals surface area contributed by atoms with E-state index in [0.717, 1.165) is 27.7 Å². The van der Waals surface area contributed by atoms with Crippen LogP contribution >= 0.6 is 67.8 Å². The second kappa shape index (κ2) is 20.7. The van der Waals surface area contributed by atoms with E-state index in [-0.39, 0.29) is 54.0 Å². The van der Waals surface area contributed by atoms with Crippen LogP contribution in [0.5, 0.6) is 0 Å². The Bertz CT molecular complexity index is 1200. The number of nitrogens with two attached hydrogens (primary N) is 1. The molecule has 1 aromatic rings. The van der Waals surface area contributed by atoms with Crippen molar-refractivity contribution in [1.29, 1.82) is 0 Å². The SMILES string of the molecule is CC(=O)OCC(COC(C)=O)NC(=O)c1c(I)c(NC(=O)[O-])c(I)c(C(=O)NC(COC(C)=O)COC(C)=O)c1I.NC(=O)[O-]. The number of hydrogen-bond acceptors (Lipinski definition) is 14. The first kappa shape index (κ1) is 41.8. The van der Waals surface area contributed by atoms with Crippen molar-refractivity contribution in [3.05, 3.63) is 21.8 Å². The minimum Gasteiger partial charge on any atom is -0.530 e. The number of nitrogens with one attached hydrogen (secondary N) is 3. The van der Waals surface area contributed by atoms with Crippen molar-refractivity contribution in [1.82, 2.24) is 10.6 Å². The van der Waals surface area contributed by atoms with Gasteiger partial charge in [-0.25, -0.2) is 0 Å². The summed E-state index contributed by atoms with van der Waals surface area (Å²) in [6, 6.07) is -1.99. The molecule has 5 N–H and O–H groups in total. The molecule has 0 aliphatic carbocycles. The normalized spacial score (nSPS) is 10.1. The summed E-state index contributed by atoms with van der Waals surface area (Å²) < 4.78 is 20.0. The topological polar surface area (TPSA) is 282 Å². The second-order valence-electron chi connectivity index (χ2n) is 8.35. The fourth-order valence-electron chi connectivity index (χ4n) is 2.92. The third kappa shape index (κ3) is 16.6. The van der Waals surface area contributed by atoms with Gasteiger partial charge in [0.15, 0.2) is 0 Å². The molecule has 45 heavy (non-hydrogen) atoms.